The summed E-state index contributed by atoms with van der Waals surface area (Å²) in [7, 11) is 0. The Balaban J connectivity index is 1.13. The molecule has 1 nitrogen and oxygen atoms in total. The van der Waals surface area contributed by atoms with Gasteiger partial charge in [-0.2, -0.15) is 0 Å². The molecule has 0 radical (unpaired) electrons. The van der Waals surface area contributed by atoms with Gasteiger partial charge in [0.25, 0.3) is 0 Å². The summed E-state index contributed by atoms with van der Waals surface area (Å²) in [6, 6.07) is 68.3. The van der Waals surface area contributed by atoms with E-state index in [-0.39, 0.29) is 0 Å². The predicted molar refractivity (Wildman–Crippen MR) is 202 cm³/mol. The molecule has 0 atom stereocenters. The van der Waals surface area contributed by atoms with Crippen molar-refractivity contribution in [2.75, 3.05) is 4.90 Å². The molecule has 220 valence electrons. The molecule has 0 aliphatic carbocycles. The second-order valence-electron chi connectivity index (χ2n) is 12.2. The third kappa shape index (κ3) is 4.90. The molecule has 0 bridgehead atoms. The first kappa shape index (κ1) is 27.2. The van der Waals surface area contributed by atoms with Crippen LogP contribution in [0.1, 0.15) is 0 Å². The largest absolute Gasteiger partial charge is 0.310 e. The second-order valence-corrected chi connectivity index (χ2v) is 12.2. The Labute approximate surface area is 274 Å². The van der Waals surface area contributed by atoms with E-state index in [2.05, 4.69) is 193 Å². The maximum atomic E-state index is 2.36. The Hall–Kier alpha value is -6.18. The van der Waals surface area contributed by atoms with Gasteiger partial charge in [0.15, 0.2) is 0 Å². The Morgan fingerprint density at radius 1 is 0.255 bits per heavy atom. The van der Waals surface area contributed by atoms with Crippen molar-refractivity contribution in [3.8, 4) is 22.3 Å². The number of fused-ring (bicyclic) bond motifs is 4. The van der Waals surface area contributed by atoms with Crippen molar-refractivity contribution < 1.29 is 0 Å². The van der Waals surface area contributed by atoms with Gasteiger partial charge in [0.2, 0.25) is 0 Å². The van der Waals surface area contributed by atoms with Gasteiger partial charge in [-0.3, -0.25) is 0 Å². The van der Waals surface area contributed by atoms with Crippen molar-refractivity contribution in [2.45, 2.75) is 0 Å². The lowest BCUT2D eigenvalue weighted by molar-refractivity contribution is 1.29. The van der Waals surface area contributed by atoms with Gasteiger partial charge in [0.1, 0.15) is 0 Å². The fourth-order valence-electron chi connectivity index (χ4n) is 7.05. The van der Waals surface area contributed by atoms with Crippen molar-refractivity contribution in [3.63, 3.8) is 0 Å². The predicted octanol–water partition coefficient (Wildman–Crippen LogP) is 13.1. The van der Waals surface area contributed by atoms with Crippen LogP contribution in [0.15, 0.2) is 188 Å². The van der Waals surface area contributed by atoms with Crippen LogP contribution in [0.25, 0.3) is 65.3 Å². The highest BCUT2D eigenvalue weighted by Crippen LogP contribution is 2.40. The molecule has 9 aromatic carbocycles. The fourth-order valence-corrected chi connectivity index (χ4v) is 7.05. The molecule has 0 amide bonds. The van der Waals surface area contributed by atoms with Crippen molar-refractivity contribution in [3.05, 3.63) is 188 Å². The van der Waals surface area contributed by atoms with E-state index < -0.39 is 0 Å². The number of hydrogen-bond acceptors (Lipinski definition) is 1. The molecular formula is C46H31N. The molecule has 0 heterocycles. The van der Waals surface area contributed by atoms with Crippen LogP contribution in [0.4, 0.5) is 17.1 Å². The van der Waals surface area contributed by atoms with E-state index >= 15 is 0 Å². The second kappa shape index (κ2) is 11.3. The molecule has 0 unspecified atom stereocenters. The summed E-state index contributed by atoms with van der Waals surface area (Å²) in [6.07, 6.45) is 0. The quantitative estimate of drug-likeness (QED) is 0.191. The lowest BCUT2D eigenvalue weighted by atomic mass is 9.93. The zero-order chi connectivity index (χ0) is 31.2. The third-order valence-electron chi connectivity index (χ3n) is 9.40. The first-order chi connectivity index (χ1) is 23.3. The highest BCUT2D eigenvalue weighted by Gasteiger charge is 2.15. The van der Waals surface area contributed by atoms with Crippen molar-refractivity contribution in [2.24, 2.45) is 0 Å². The highest BCUT2D eigenvalue weighted by molar-refractivity contribution is 6.02. The van der Waals surface area contributed by atoms with Gasteiger partial charge in [-0.15, -0.1) is 0 Å². The van der Waals surface area contributed by atoms with Crippen molar-refractivity contribution >= 4 is 60.2 Å². The first-order valence-corrected chi connectivity index (χ1v) is 16.2. The van der Waals surface area contributed by atoms with Crippen LogP contribution in [-0.2, 0) is 0 Å². The van der Waals surface area contributed by atoms with Gasteiger partial charge in [0.05, 0.1) is 0 Å². The Morgan fingerprint density at radius 3 is 1.38 bits per heavy atom. The van der Waals surface area contributed by atoms with E-state index in [4.69, 9.17) is 0 Å². The number of anilines is 3. The third-order valence-corrected chi connectivity index (χ3v) is 9.40. The molecule has 1 heteroatoms. The molecule has 0 saturated carbocycles. The average Bonchev–Trinajstić information content (AvgIpc) is 3.14. The van der Waals surface area contributed by atoms with Crippen LogP contribution in [0.2, 0.25) is 0 Å². The maximum Gasteiger partial charge on any atom is 0.0468 e. The van der Waals surface area contributed by atoms with Crippen LogP contribution in [-0.4, -0.2) is 0 Å². The minimum Gasteiger partial charge on any atom is -0.310 e. The molecule has 9 aromatic rings. The molecule has 0 aliphatic rings. The summed E-state index contributed by atoms with van der Waals surface area (Å²) < 4.78 is 0. The minimum absolute atomic E-state index is 1.12. The summed E-state index contributed by atoms with van der Waals surface area (Å²) in [5, 5.41) is 9.98. The molecule has 0 N–H and O–H groups in total. The minimum atomic E-state index is 1.12. The van der Waals surface area contributed by atoms with E-state index in [1.54, 1.807) is 0 Å². The number of benzene rings is 9. The molecule has 0 fully saturated rings. The van der Waals surface area contributed by atoms with Crippen molar-refractivity contribution in [1.82, 2.24) is 0 Å². The van der Waals surface area contributed by atoms with Gasteiger partial charge in [-0.25, -0.2) is 0 Å². The summed E-state index contributed by atoms with van der Waals surface area (Å²) in [6.45, 7) is 0. The molecular weight excluding hydrogens is 567 g/mol. The van der Waals surface area contributed by atoms with Crippen LogP contribution < -0.4 is 4.90 Å². The maximum absolute atomic E-state index is 2.36. The van der Waals surface area contributed by atoms with Gasteiger partial charge in [-0.05, 0) is 108 Å². The van der Waals surface area contributed by atoms with Crippen LogP contribution in [0.3, 0.4) is 0 Å². The van der Waals surface area contributed by atoms with Crippen molar-refractivity contribution in [1.29, 1.82) is 0 Å². The van der Waals surface area contributed by atoms with E-state index in [1.165, 1.54) is 65.3 Å². The van der Waals surface area contributed by atoms with Gasteiger partial charge in [-0.1, -0.05) is 146 Å². The number of rotatable bonds is 5. The molecule has 0 saturated heterocycles. The van der Waals surface area contributed by atoms with E-state index in [0.29, 0.717) is 0 Å². The van der Waals surface area contributed by atoms with Gasteiger partial charge in [0, 0.05) is 17.1 Å². The van der Waals surface area contributed by atoms with Crippen LogP contribution in [0, 0.1) is 0 Å². The van der Waals surface area contributed by atoms with Crippen LogP contribution >= 0.6 is 0 Å². The Kier molecular flexibility index (Phi) is 6.54. The first-order valence-electron chi connectivity index (χ1n) is 16.2. The summed E-state index contributed by atoms with van der Waals surface area (Å²) in [4.78, 5) is 2.36. The van der Waals surface area contributed by atoms with Crippen LogP contribution in [0.5, 0.6) is 0 Å². The smallest absolute Gasteiger partial charge is 0.0468 e. The highest BCUT2D eigenvalue weighted by atomic mass is 15.1. The number of nitrogens with zero attached hydrogens (tertiary/aromatic N) is 1. The van der Waals surface area contributed by atoms with E-state index in [0.717, 1.165) is 17.1 Å². The topological polar surface area (TPSA) is 3.24 Å². The monoisotopic (exact) mass is 597 g/mol. The average molecular weight is 598 g/mol. The molecule has 0 aromatic heterocycles. The Bertz CT molecular complexity index is 2490. The van der Waals surface area contributed by atoms with E-state index in [1.807, 2.05) is 0 Å². The summed E-state index contributed by atoms with van der Waals surface area (Å²) in [5.74, 6) is 0. The van der Waals surface area contributed by atoms with E-state index in [9.17, 15) is 0 Å². The van der Waals surface area contributed by atoms with Gasteiger partial charge >= 0.3 is 0 Å². The lowest BCUT2D eigenvalue weighted by Gasteiger charge is -2.26. The molecule has 0 aliphatic heterocycles. The number of hydrogen-bond donors (Lipinski definition) is 0. The summed E-state index contributed by atoms with van der Waals surface area (Å²) >= 11 is 0. The zero-order valence-electron chi connectivity index (χ0n) is 25.8. The zero-order valence-corrected chi connectivity index (χ0v) is 25.8. The van der Waals surface area contributed by atoms with Gasteiger partial charge < -0.3 is 4.90 Å². The lowest BCUT2D eigenvalue weighted by Crippen LogP contribution is -2.09. The summed E-state index contributed by atoms with van der Waals surface area (Å²) in [5.41, 5.74) is 8.34. The SMILES string of the molecule is c1ccc2cc(N(c3ccc(-c4cccc5cc(-c6cccc7ccccc67)ccc45)cc3)c3ccc4ccccc4c3)ccc2c1. The fraction of sp³-hybridized carbons (Fsp3) is 0. The Morgan fingerprint density at radius 2 is 0.723 bits per heavy atom. The standard InChI is InChI=1S/C46H31N/c1-3-12-36-30-41(26-19-32(36)9-1)47(42-27-20-33-10-2-4-13-37(33)31-42)40-24-21-35(22-25-40)44-17-8-15-38-29-39(23-28-46(38)44)45-18-7-14-34-11-5-6-16-43(34)45/h1-31H. The molecule has 47 heavy (non-hydrogen) atoms. The molecule has 0 spiro atoms. The molecule has 9 rings (SSSR count). The normalized spacial score (nSPS) is 11.4.